The van der Waals surface area contributed by atoms with Crippen LogP contribution in [-0.4, -0.2) is 38.6 Å². The Morgan fingerprint density at radius 2 is 2.18 bits per heavy atom. The molecule has 0 saturated carbocycles. The van der Waals surface area contributed by atoms with Crippen molar-refractivity contribution in [3.05, 3.63) is 30.1 Å². The molecule has 0 unspecified atom stereocenters. The number of hydrogen-bond acceptors (Lipinski definition) is 3. The number of carbonyl (C=O) groups excluding carboxylic acids is 1. The van der Waals surface area contributed by atoms with Gasteiger partial charge < -0.3 is 15.5 Å². The van der Waals surface area contributed by atoms with Crippen LogP contribution in [0, 0.1) is 5.82 Å². The minimum absolute atomic E-state index is 0.0168. The first-order valence-corrected chi connectivity index (χ1v) is 5.66. The van der Waals surface area contributed by atoms with E-state index in [0.717, 1.165) is 18.8 Å². The first kappa shape index (κ1) is 11.9. The minimum Gasteiger partial charge on any atom is -0.368 e. The Morgan fingerprint density at radius 3 is 2.82 bits per heavy atom. The van der Waals surface area contributed by atoms with Crippen LogP contribution < -0.4 is 15.5 Å². The van der Waals surface area contributed by atoms with E-state index in [1.807, 2.05) is 0 Å². The Labute approximate surface area is 99.8 Å². The minimum atomic E-state index is -0.244. The van der Waals surface area contributed by atoms with E-state index in [0.29, 0.717) is 6.54 Å². The van der Waals surface area contributed by atoms with Crippen molar-refractivity contribution in [3.8, 4) is 0 Å². The van der Waals surface area contributed by atoms with Gasteiger partial charge in [-0.3, -0.25) is 4.79 Å². The highest BCUT2D eigenvalue weighted by molar-refractivity contribution is 5.82. The first-order valence-electron chi connectivity index (χ1n) is 5.66. The molecule has 1 amide bonds. The molecule has 0 aromatic heterocycles. The van der Waals surface area contributed by atoms with Crippen LogP contribution in [0.25, 0.3) is 0 Å². The molecule has 0 spiro atoms. The second-order valence-corrected chi connectivity index (χ2v) is 4.04. The maximum absolute atomic E-state index is 12.8. The lowest BCUT2D eigenvalue weighted by Gasteiger charge is -2.34. The summed E-state index contributed by atoms with van der Waals surface area (Å²) in [6, 6.07) is 6.14. The second-order valence-electron chi connectivity index (χ2n) is 4.04. The van der Waals surface area contributed by atoms with E-state index in [1.165, 1.54) is 12.1 Å². The zero-order valence-corrected chi connectivity index (χ0v) is 9.74. The number of nitrogens with zero attached hydrogens (tertiary/aromatic N) is 1. The van der Waals surface area contributed by atoms with Crippen molar-refractivity contribution in [1.29, 1.82) is 0 Å². The Hall–Kier alpha value is -1.62. The fourth-order valence-corrected chi connectivity index (χ4v) is 1.99. The van der Waals surface area contributed by atoms with Gasteiger partial charge in [-0.05, 0) is 24.3 Å². The van der Waals surface area contributed by atoms with Crippen LogP contribution >= 0.6 is 0 Å². The van der Waals surface area contributed by atoms with E-state index < -0.39 is 0 Å². The zero-order valence-electron chi connectivity index (χ0n) is 9.74. The summed E-state index contributed by atoms with van der Waals surface area (Å²) in [6.07, 6.45) is 0. The lowest BCUT2D eigenvalue weighted by atomic mass is 10.1. The van der Waals surface area contributed by atoms with Crippen LogP contribution in [0.4, 0.5) is 10.1 Å². The molecule has 1 saturated heterocycles. The van der Waals surface area contributed by atoms with Crippen molar-refractivity contribution >= 4 is 11.6 Å². The normalized spacial score (nSPS) is 20.1. The fraction of sp³-hybridized carbons (Fsp3) is 0.417. The molecule has 1 aliphatic heterocycles. The molecular weight excluding hydrogens is 221 g/mol. The molecule has 2 rings (SSSR count). The van der Waals surface area contributed by atoms with Crippen molar-refractivity contribution in [2.75, 3.05) is 31.6 Å². The Bertz CT molecular complexity index is 393. The third kappa shape index (κ3) is 2.74. The van der Waals surface area contributed by atoms with Crippen molar-refractivity contribution in [2.24, 2.45) is 0 Å². The van der Waals surface area contributed by atoms with Crippen molar-refractivity contribution < 1.29 is 9.18 Å². The molecule has 0 bridgehead atoms. The van der Waals surface area contributed by atoms with E-state index in [1.54, 1.807) is 19.2 Å². The molecule has 1 atom stereocenters. The van der Waals surface area contributed by atoms with Crippen molar-refractivity contribution in [3.63, 3.8) is 0 Å². The van der Waals surface area contributed by atoms with Crippen LogP contribution in [0.15, 0.2) is 24.3 Å². The summed E-state index contributed by atoms with van der Waals surface area (Å²) in [4.78, 5) is 13.6. The molecule has 17 heavy (non-hydrogen) atoms. The highest BCUT2D eigenvalue weighted by Gasteiger charge is 2.24. The Kier molecular flexibility index (Phi) is 3.58. The number of halogens is 1. The van der Waals surface area contributed by atoms with Crippen LogP contribution in [0.1, 0.15) is 0 Å². The van der Waals surface area contributed by atoms with E-state index in [4.69, 9.17) is 0 Å². The highest BCUT2D eigenvalue weighted by Crippen LogP contribution is 2.16. The van der Waals surface area contributed by atoms with E-state index in [9.17, 15) is 9.18 Å². The molecule has 1 aliphatic rings. The zero-order chi connectivity index (χ0) is 12.3. The molecule has 0 radical (unpaired) electrons. The van der Waals surface area contributed by atoms with Crippen molar-refractivity contribution in [1.82, 2.24) is 10.6 Å². The molecule has 92 valence electrons. The van der Waals surface area contributed by atoms with Gasteiger partial charge in [0.25, 0.3) is 0 Å². The molecular formula is C12H16FN3O. The number of carbonyl (C=O) groups is 1. The Balaban J connectivity index is 2.06. The van der Waals surface area contributed by atoms with Crippen LogP contribution in [-0.2, 0) is 4.79 Å². The first-order chi connectivity index (χ1) is 8.20. The number of amides is 1. The molecule has 0 aliphatic carbocycles. The van der Waals surface area contributed by atoms with Gasteiger partial charge in [-0.1, -0.05) is 0 Å². The van der Waals surface area contributed by atoms with Gasteiger partial charge in [-0.15, -0.1) is 0 Å². The predicted molar refractivity (Wildman–Crippen MR) is 64.5 cm³/mol. The standard InChI is InChI=1S/C12H16FN3O/c1-14-12(17)11-8-16(7-6-15-11)10-4-2-9(13)3-5-10/h2-5,11,15H,6-8H2,1H3,(H,14,17)/t11-/m0/s1. The number of piperazine rings is 1. The summed E-state index contributed by atoms with van der Waals surface area (Å²) in [6.45, 7) is 2.17. The average Bonchev–Trinajstić information content (AvgIpc) is 2.39. The van der Waals surface area contributed by atoms with Crippen LogP contribution in [0.3, 0.4) is 0 Å². The monoisotopic (exact) mass is 237 g/mol. The number of rotatable bonds is 2. The smallest absolute Gasteiger partial charge is 0.238 e. The predicted octanol–water partition coefficient (Wildman–Crippen LogP) is 0.350. The summed E-state index contributed by atoms with van der Waals surface area (Å²) in [7, 11) is 1.63. The van der Waals surface area contributed by atoms with Gasteiger partial charge in [0.05, 0.1) is 0 Å². The van der Waals surface area contributed by atoms with E-state index in [2.05, 4.69) is 15.5 Å². The molecule has 1 aromatic carbocycles. The quantitative estimate of drug-likeness (QED) is 0.780. The lowest BCUT2D eigenvalue weighted by molar-refractivity contribution is -0.122. The third-order valence-corrected chi connectivity index (χ3v) is 2.93. The molecule has 2 N–H and O–H groups in total. The van der Waals surface area contributed by atoms with Gasteiger partial charge in [0, 0.05) is 32.4 Å². The number of benzene rings is 1. The van der Waals surface area contributed by atoms with Gasteiger partial charge in [0.1, 0.15) is 11.9 Å². The highest BCUT2D eigenvalue weighted by atomic mass is 19.1. The molecule has 5 heteroatoms. The maximum Gasteiger partial charge on any atom is 0.238 e. The number of anilines is 1. The van der Waals surface area contributed by atoms with E-state index >= 15 is 0 Å². The van der Waals surface area contributed by atoms with E-state index in [-0.39, 0.29) is 17.8 Å². The lowest BCUT2D eigenvalue weighted by Crippen LogP contribution is -2.56. The van der Waals surface area contributed by atoms with Gasteiger partial charge in [-0.25, -0.2) is 4.39 Å². The summed E-state index contributed by atoms with van der Waals surface area (Å²) in [5, 5.41) is 5.78. The Morgan fingerprint density at radius 1 is 1.47 bits per heavy atom. The molecule has 4 nitrogen and oxygen atoms in total. The molecule has 1 aromatic rings. The fourth-order valence-electron chi connectivity index (χ4n) is 1.99. The molecule has 1 fully saturated rings. The summed E-state index contributed by atoms with van der Waals surface area (Å²) < 4.78 is 12.8. The van der Waals surface area contributed by atoms with Gasteiger partial charge in [0.2, 0.25) is 5.91 Å². The van der Waals surface area contributed by atoms with Crippen LogP contribution in [0.2, 0.25) is 0 Å². The summed E-state index contributed by atoms with van der Waals surface area (Å²) >= 11 is 0. The van der Waals surface area contributed by atoms with Gasteiger partial charge in [-0.2, -0.15) is 0 Å². The topological polar surface area (TPSA) is 44.4 Å². The second kappa shape index (κ2) is 5.14. The third-order valence-electron chi connectivity index (χ3n) is 2.93. The average molecular weight is 237 g/mol. The summed E-state index contributed by atoms with van der Waals surface area (Å²) in [5.74, 6) is -0.261. The largest absolute Gasteiger partial charge is 0.368 e. The molecule has 1 heterocycles. The number of likely N-dealkylation sites (N-methyl/N-ethyl adjacent to an activating group) is 1. The van der Waals surface area contributed by atoms with Crippen molar-refractivity contribution in [2.45, 2.75) is 6.04 Å². The summed E-state index contributed by atoms with van der Waals surface area (Å²) in [5.41, 5.74) is 0.946. The maximum atomic E-state index is 12.8. The number of nitrogens with one attached hydrogen (secondary N) is 2. The van der Waals surface area contributed by atoms with Gasteiger partial charge >= 0.3 is 0 Å². The number of hydrogen-bond donors (Lipinski definition) is 2. The van der Waals surface area contributed by atoms with Gasteiger partial charge in [0.15, 0.2) is 0 Å². The SMILES string of the molecule is CNC(=O)[C@@H]1CN(c2ccc(F)cc2)CCN1. The van der Waals surface area contributed by atoms with Crippen LogP contribution in [0.5, 0.6) is 0 Å².